The van der Waals surface area contributed by atoms with Gasteiger partial charge in [-0.15, -0.1) is 0 Å². The second kappa shape index (κ2) is 5.91. The summed E-state index contributed by atoms with van der Waals surface area (Å²) in [4.78, 5) is 3.85. The number of morpholine rings is 1. The predicted octanol–water partition coefficient (Wildman–Crippen LogP) is 1.84. The average Bonchev–Trinajstić information content (AvgIpc) is 2.87. The number of halogens is 1. The van der Waals surface area contributed by atoms with Crippen LogP contribution in [-0.4, -0.2) is 39.6 Å². The number of rotatable bonds is 3. The van der Waals surface area contributed by atoms with E-state index in [1.54, 1.807) is 24.0 Å². The standard InChI is InChI=1S/C15H19FN4O/c1-11-7-12(3-4-14(11)16)15-10-20(5-6-21-15)9-13-8-17-19(2)18-13/h3-4,7-8,15H,5-6,9-10H2,1-2H3. The molecule has 21 heavy (non-hydrogen) atoms. The maximum Gasteiger partial charge on any atom is 0.126 e. The molecular weight excluding hydrogens is 271 g/mol. The van der Waals surface area contributed by atoms with Gasteiger partial charge in [-0.05, 0) is 24.1 Å². The number of aryl methyl sites for hydroxylation is 2. The molecule has 1 atom stereocenters. The molecule has 1 aliphatic heterocycles. The normalized spacial score (nSPS) is 19.9. The van der Waals surface area contributed by atoms with E-state index < -0.39 is 0 Å². The van der Waals surface area contributed by atoms with Crippen LogP contribution >= 0.6 is 0 Å². The Hall–Kier alpha value is -1.79. The van der Waals surface area contributed by atoms with Crippen LogP contribution in [0.3, 0.4) is 0 Å². The van der Waals surface area contributed by atoms with Crippen LogP contribution in [0.25, 0.3) is 0 Å². The van der Waals surface area contributed by atoms with Crippen molar-refractivity contribution < 1.29 is 9.13 Å². The van der Waals surface area contributed by atoms with E-state index in [9.17, 15) is 4.39 Å². The molecule has 3 rings (SSSR count). The molecular formula is C15H19FN4O. The van der Waals surface area contributed by atoms with Gasteiger partial charge in [0.2, 0.25) is 0 Å². The molecule has 1 aromatic carbocycles. The highest BCUT2D eigenvalue weighted by Crippen LogP contribution is 2.24. The summed E-state index contributed by atoms with van der Waals surface area (Å²) in [7, 11) is 1.81. The van der Waals surface area contributed by atoms with Gasteiger partial charge in [0.05, 0.1) is 24.6 Å². The highest BCUT2D eigenvalue weighted by molar-refractivity contribution is 5.26. The van der Waals surface area contributed by atoms with Crippen molar-refractivity contribution in [3.63, 3.8) is 0 Å². The van der Waals surface area contributed by atoms with Crippen molar-refractivity contribution >= 4 is 0 Å². The topological polar surface area (TPSA) is 43.2 Å². The molecule has 0 N–H and O–H groups in total. The molecule has 1 aliphatic rings. The number of benzene rings is 1. The van der Waals surface area contributed by atoms with Crippen LogP contribution in [0.4, 0.5) is 4.39 Å². The number of hydrogen-bond donors (Lipinski definition) is 0. The molecule has 0 amide bonds. The Bertz CT molecular complexity index is 628. The first-order chi connectivity index (χ1) is 10.1. The van der Waals surface area contributed by atoms with Crippen LogP contribution in [0.2, 0.25) is 0 Å². The molecule has 1 aromatic heterocycles. The molecule has 2 aromatic rings. The van der Waals surface area contributed by atoms with Gasteiger partial charge >= 0.3 is 0 Å². The number of hydrogen-bond acceptors (Lipinski definition) is 4. The van der Waals surface area contributed by atoms with Crippen molar-refractivity contribution in [3.05, 3.63) is 47.0 Å². The highest BCUT2D eigenvalue weighted by Gasteiger charge is 2.23. The Balaban J connectivity index is 1.68. The van der Waals surface area contributed by atoms with E-state index in [0.29, 0.717) is 12.2 Å². The van der Waals surface area contributed by atoms with Crippen molar-refractivity contribution in [2.75, 3.05) is 19.7 Å². The second-order valence-electron chi connectivity index (χ2n) is 5.43. The van der Waals surface area contributed by atoms with Crippen LogP contribution in [0.5, 0.6) is 0 Å². The third-order valence-electron chi connectivity index (χ3n) is 3.74. The van der Waals surface area contributed by atoms with Gasteiger partial charge in [0, 0.05) is 26.7 Å². The van der Waals surface area contributed by atoms with Gasteiger partial charge < -0.3 is 4.74 Å². The van der Waals surface area contributed by atoms with E-state index >= 15 is 0 Å². The SMILES string of the molecule is Cc1cc(C2CN(Cc3cnn(C)n3)CCO2)ccc1F. The second-order valence-corrected chi connectivity index (χ2v) is 5.43. The lowest BCUT2D eigenvalue weighted by atomic mass is 10.0. The van der Waals surface area contributed by atoms with E-state index in [2.05, 4.69) is 15.1 Å². The Labute approximate surface area is 123 Å². The van der Waals surface area contributed by atoms with Gasteiger partial charge in [0.15, 0.2) is 0 Å². The van der Waals surface area contributed by atoms with E-state index in [0.717, 1.165) is 30.9 Å². The molecule has 1 saturated heterocycles. The number of ether oxygens (including phenoxy) is 1. The lowest BCUT2D eigenvalue weighted by Crippen LogP contribution is -2.38. The van der Waals surface area contributed by atoms with E-state index in [-0.39, 0.29) is 11.9 Å². The molecule has 112 valence electrons. The van der Waals surface area contributed by atoms with E-state index in [1.165, 1.54) is 6.07 Å². The van der Waals surface area contributed by atoms with Gasteiger partial charge in [-0.2, -0.15) is 15.0 Å². The summed E-state index contributed by atoms with van der Waals surface area (Å²) in [6, 6.07) is 5.18. The quantitative estimate of drug-likeness (QED) is 0.865. The lowest BCUT2D eigenvalue weighted by molar-refractivity contribution is -0.0333. The van der Waals surface area contributed by atoms with Gasteiger partial charge in [0.25, 0.3) is 0 Å². The minimum atomic E-state index is -0.175. The van der Waals surface area contributed by atoms with Crippen molar-refractivity contribution in [1.29, 1.82) is 0 Å². The van der Waals surface area contributed by atoms with Crippen molar-refractivity contribution in [2.45, 2.75) is 19.6 Å². The van der Waals surface area contributed by atoms with Crippen LogP contribution in [0.1, 0.15) is 22.9 Å². The summed E-state index contributed by atoms with van der Waals surface area (Å²) >= 11 is 0. The number of aromatic nitrogens is 3. The van der Waals surface area contributed by atoms with Crippen LogP contribution in [-0.2, 0) is 18.3 Å². The van der Waals surface area contributed by atoms with Crippen LogP contribution in [0.15, 0.2) is 24.4 Å². The van der Waals surface area contributed by atoms with Crippen molar-refractivity contribution in [3.8, 4) is 0 Å². The molecule has 0 saturated carbocycles. The predicted molar refractivity (Wildman–Crippen MR) is 76.1 cm³/mol. The van der Waals surface area contributed by atoms with Gasteiger partial charge in [-0.25, -0.2) is 4.39 Å². The van der Waals surface area contributed by atoms with Crippen molar-refractivity contribution in [1.82, 2.24) is 19.9 Å². The maximum absolute atomic E-state index is 13.4. The largest absolute Gasteiger partial charge is 0.371 e. The minimum Gasteiger partial charge on any atom is -0.371 e. The third kappa shape index (κ3) is 3.28. The fourth-order valence-electron chi connectivity index (χ4n) is 2.61. The van der Waals surface area contributed by atoms with Gasteiger partial charge in [-0.1, -0.05) is 12.1 Å². The summed E-state index contributed by atoms with van der Waals surface area (Å²) in [6.45, 7) is 4.85. The first-order valence-corrected chi connectivity index (χ1v) is 7.07. The maximum atomic E-state index is 13.4. The summed E-state index contributed by atoms with van der Waals surface area (Å²) in [6.07, 6.45) is 1.77. The summed E-state index contributed by atoms with van der Waals surface area (Å²) < 4.78 is 19.2. The summed E-state index contributed by atoms with van der Waals surface area (Å²) in [5, 5.41) is 8.39. The number of nitrogens with zero attached hydrogens (tertiary/aromatic N) is 4. The first-order valence-electron chi connectivity index (χ1n) is 7.07. The van der Waals surface area contributed by atoms with Crippen molar-refractivity contribution in [2.24, 2.45) is 7.05 Å². The Morgan fingerprint density at radius 1 is 1.43 bits per heavy atom. The zero-order chi connectivity index (χ0) is 14.8. The molecule has 0 aliphatic carbocycles. The molecule has 1 fully saturated rings. The first kappa shape index (κ1) is 14.2. The summed E-state index contributed by atoms with van der Waals surface area (Å²) in [5.41, 5.74) is 2.63. The molecule has 0 radical (unpaired) electrons. The lowest BCUT2D eigenvalue weighted by Gasteiger charge is -2.32. The Kier molecular flexibility index (Phi) is 3.98. The average molecular weight is 290 g/mol. The van der Waals surface area contributed by atoms with E-state index in [4.69, 9.17) is 4.74 Å². The van der Waals surface area contributed by atoms with Crippen LogP contribution in [0, 0.1) is 12.7 Å². The third-order valence-corrected chi connectivity index (χ3v) is 3.74. The van der Waals surface area contributed by atoms with E-state index in [1.807, 2.05) is 13.1 Å². The fourth-order valence-corrected chi connectivity index (χ4v) is 2.61. The monoisotopic (exact) mass is 290 g/mol. The Morgan fingerprint density at radius 2 is 2.29 bits per heavy atom. The van der Waals surface area contributed by atoms with Gasteiger partial charge in [0.1, 0.15) is 5.82 Å². The molecule has 5 nitrogen and oxygen atoms in total. The molecule has 0 spiro atoms. The smallest absolute Gasteiger partial charge is 0.126 e. The Morgan fingerprint density at radius 3 is 3.00 bits per heavy atom. The molecule has 0 bridgehead atoms. The zero-order valence-corrected chi connectivity index (χ0v) is 12.3. The highest BCUT2D eigenvalue weighted by atomic mass is 19.1. The van der Waals surface area contributed by atoms with Gasteiger partial charge in [-0.3, -0.25) is 4.90 Å². The molecule has 1 unspecified atom stereocenters. The fraction of sp³-hybridized carbons (Fsp3) is 0.467. The molecule has 6 heteroatoms. The molecule has 2 heterocycles. The van der Waals surface area contributed by atoms with Crippen LogP contribution < -0.4 is 0 Å². The summed E-state index contributed by atoms with van der Waals surface area (Å²) in [5.74, 6) is -0.175. The zero-order valence-electron chi connectivity index (χ0n) is 12.3. The minimum absolute atomic E-state index is 0.0188.